The van der Waals surface area contributed by atoms with Crippen LogP contribution in [0.4, 0.5) is 0 Å². The number of carbonyl (C=O) groups is 2. The average Bonchev–Trinajstić information content (AvgIpc) is 3.21. The Hall–Kier alpha value is -2.91. The van der Waals surface area contributed by atoms with Crippen molar-refractivity contribution in [3.8, 4) is 22.9 Å². The molecule has 2 aliphatic rings. The Kier molecular flexibility index (Phi) is 4.35. The Labute approximate surface area is 163 Å². The van der Waals surface area contributed by atoms with Crippen molar-refractivity contribution in [3.05, 3.63) is 34.4 Å². The molecule has 1 spiro atoms. The molecule has 10 heteroatoms. The van der Waals surface area contributed by atoms with E-state index in [1.54, 1.807) is 6.92 Å². The molecule has 0 bridgehead atoms. The number of ether oxygens (including phenoxy) is 2. The zero-order valence-electron chi connectivity index (χ0n) is 14.7. The van der Waals surface area contributed by atoms with Gasteiger partial charge in [-0.2, -0.15) is 4.98 Å². The molecule has 0 unspecified atom stereocenters. The maximum Gasteiger partial charge on any atom is 0.228 e. The number of carbonyl (C=O) groups excluding carboxylic acids is 2. The molecule has 2 heterocycles. The normalized spacial score (nSPS) is 20.9. The van der Waals surface area contributed by atoms with E-state index in [4.69, 9.17) is 30.7 Å². The van der Waals surface area contributed by atoms with Gasteiger partial charge in [0.25, 0.3) is 0 Å². The topological polar surface area (TPSA) is 132 Å². The van der Waals surface area contributed by atoms with Gasteiger partial charge in [0.1, 0.15) is 23.7 Å². The van der Waals surface area contributed by atoms with E-state index in [9.17, 15) is 14.7 Å². The summed E-state index contributed by atoms with van der Waals surface area (Å²) < 4.78 is 16.3. The Morgan fingerprint density at radius 2 is 2.18 bits per heavy atom. The molecule has 4 rings (SSSR count). The van der Waals surface area contributed by atoms with E-state index >= 15 is 0 Å². The van der Waals surface area contributed by atoms with E-state index in [2.05, 4.69) is 10.1 Å². The maximum absolute atomic E-state index is 13.2. The minimum Gasteiger partial charge on any atom is -0.507 e. The molecule has 9 nitrogen and oxygen atoms in total. The number of aliphatic hydroxyl groups excluding tert-OH is 2. The second-order valence-electron chi connectivity index (χ2n) is 6.40. The van der Waals surface area contributed by atoms with E-state index in [0.29, 0.717) is 11.5 Å². The second-order valence-corrected chi connectivity index (χ2v) is 6.78. The van der Waals surface area contributed by atoms with Crippen LogP contribution in [0.1, 0.15) is 29.1 Å². The number of hydrogen-bond donors (Lipinski definition) is 2. The first-order chi connectivity index (χ1) is 13.4. The molecule has 0 saturated heterocycles. The number of halogens is 1. The van der Waals surface area contributed by atoms with Crippen molar-refractivity contribution in [2.24, 2.45) is 0 Å². The van der Waals surface area contributed by atoms with Crippen molar-refractivity contribution in [2.75, 3.05) is 13.2 Å². The van der Waals surface area contributed by atoms with Gasteiger partial charge >= 0.3 is 0 Å². The molecule has 0 radical (unpaired) electrons. The van der Waals surface area contributed by atoms with E-state index < -0.39 is 17.1 Å². The lowest BCUT2D eigenvalue weighted by atomic mass is 9.83. The van der Waals surface area contributed by atoms with Crippen molar-refractivity contribution in [2.45, 2.75) is 25.4 Å². The number of aromatic nitrogens is 2. The largest absolute Gasteiger partial charge is 0.507 e. The Balaban J connectivity index is 1.90. The Morgan fingerprint density at radius 1 is 1.39 bits per heavy atom. The van der Waals surface area contributed by atoms with Gasteiger partial charge in [0.15, 0.2) is 11.5 Å². The second kappa shape index (κ2) is 6.61. The average molecular weight is 407 g/mol. The molecular formula is C18H15ClN2O7. The molecule has 1 aromatic heterocycles. The monoisotopic (exact) mass is 406 g/mol. The fourth-order valence-electron chi connectivity index (χ4n) is 3.29. The van der Waals surface area contributed by atoms with Gasteiger partial charge in [0.05, 0.1) is 11.6 Å². The van der Waals surface area contributed by atoms with Gasteiger partial charge in [-0.15, -0.1) is 0 Å². The summed E-state index contributed by atoms with van der Waals surface area (Å²) in [5.41, 5.74) is -1.41. The number of nitrogens with zero attached hydrogens (tertiary/aromatic N) is 2. The van der Waals surface area contributed by atoms with Crippen molar-refractivity contribution >= 4 is 23.2 Å². The summed E-state index contributed by atoms with van der Waals surface area (Å²) in [4.78, 5) is 28.9. The molecular weight excluding hydrogens is 392 g/mol. The summed E-state index contributed by atoms with van der Waals surface area (Å²) in [6.45, 7) is 1.24. The van der Waals surface area contributed by atoms with Crippen LogP contribution >= 0.6 is 11.6 Å². The minimum absolute atomic E-state index is 0.00569. The minimum atomic E-state index is -1.73. The third-order valence-electron chi connectivity index (χ3n) is 4.61. The summed E-state index contributed by atoms with van der Waals surface area (Å²) in [5.74, 6) is -0.799. The first kappa shape index (κ1) is 18.5. The molecule has 146 valence electrons. The third kappa shape index (κ3) is 2.66. The summed E-state index contributed by atoms with van der Waals surface area (Å²) >= 11 is 6.48. The van der Waals surface area contributed by atoms with E-state index in [0.717, 1.165) is 6.08 Å². The Bertz CT molecular complexity index is 1030. The molecule has 2 N–H and O–H groups in total. The molecule has 28 heavy (non-hydrogen) atoms. The quantitative estimate of drug-likeness (QED) is 0.783. The molecule has 1 atom stereocenters. The van der Waals surface area contributed by atoms with Crippen LogP contribution in [0.25, 0.3) is 11.4 Å². The van der Waals surface area contributed by atoms with Crippen LogP contribution in [-0.4, -0.2) is 50.7 Å². The fraction of sp³-hybridized carbons (Fsp3) is 0.333. The summed E-state index contributed by atoms with van der Waals surface area (Å²) in [6.07, 6.45) is 0.984. The lowest BCUT2D eigenvalue weighted by molar-refractivity contribution is -0.116. The van der Waals surface area contributed by atoms with Gasteiger partial charge in [0.2, 0.25) is 23.1 Å². The molecule has 0 amide bonds. The van der Waals surface area contributed by atoms with Gasteiger partial charge < -0.3 is 24.2 Å². The molecule has 1 aromatic carbocycles. The fourth-order valence-corrected chi connectivity index (χ4v) is 3.56. The lowest BCUT2D eigenvalue weighted by Crippen LogP contribution is -2.45. The van der Waals surface area contributed by atoms with Gasteiger partial charge in [-0.1, -0.05) is 16.8 Å². The first-order valence-corrected chi connectivity index (χ1v) is 8.84. The van der Waals surface area contributed by atoms with Gasteiger partial charge in [-0.25, -0.2) is 0 Å². The van der Waals surface area contributed by atoms with E-state index in [1.165, 1.54) is 6.07 Å². The maximum atomic E-state index is 13.2. The number of fused-ring (bicyclic) bond motifs is 1. The molecule has 0 saturated carbocycles. The zero-order chi connectivity index (χ0) is 20.1. The van der Waals surface area contributed by atoms with Crippen LogP contribution in [0.15, 0.2) is 22.4 Å². The van der Waals surface area contributed by atoms with E-state index in [-0.39, 0.29) is 59.7 Å². The van der Waals surface area contributed by atoms with Crippen molar-refractivity contribution in [3.63, 3.8) is 0 Å². The Morgan fingerprint density at radius 3 is 2.82 bits per heavy atom. The predicted octanol–water partition coefficient (Wildman–Crippen LogP) is 2.19. The molecule has 2 aromatic rings. The zero-order valence-corrected chi connectivity index (χ0v) is 15.4. The van der Waals surface area contributed by atoms with E-state index in [1.807, 2.05) is 0 Å². The molecule has 1 aliphatic heterocycles. The highest BCUT2D eigenvalue weighted by molar-refractivity contribution is 6.36. The standard InChI is InChI=1S/C18H15ClN2O7/c1-8-20-17(21-28-8)10-7-11(26-5-4-22)13-15(14(10)19)27-18(16(13)25)3-2-9(23)6-12(18)24/h6-7,22,24H,2-5H2,1H3/t18-/m0/s1. The third-order valence-corrected chi connectivity index (χ3v) is 4.98. The molecule has 1 aliphatic carbocycles. The van der Waals surface area contributed by atoms with Crippen LogP contribution in [0.3, 0.4) is 0 Å². The molecule has 0 fully saturated rings. The van der Waals surface area contributed by atoms with Crippen LogP contribution in [0.2, 0.25) is 5.02 Å². The SMILES string of the molecule is Cc1nc(-c2cc(OCCO)c3c(c2Cl)O[C@]2(CCC(=O)C=C2O)C3=O)no1. The smallest absolute Gasteiger partial charge is 0.228 e. The van der Waals surface area contributed by atoms with Crippen molar-refractivity contribution < 1.29 is 33.8 Å². The highest BCUT2D eigenvalue weighted by atomic mass is 35.5. The van der Waals surface area contributed by atoms with Crippen LogP contribution in [0.5, 0.6) is 11.5 Å². The van der Waals surface area contributed by atoms with Gasteiger partial charge in [-0.3, -0.25) is 9.59 Å². The summed E-state index contributed by atoms with van der Waals surface area (Å²) in [6, 6.07) is 1.45. The number of ketones is 2. The number of hydrogen-bond acceptors (Lipinski definition) is 9. The number of aryl methyl sites for hydroxylation is 1. The van der Waals surface area contributed by atoms with Crippen molar-refractivity contribution in [1.29, 1.82) is 0 Å². The van der Waals surface area contributed by atoms with Gasteiger partial charge in [0, 0.05) is 31.4 Å². The van der Waals surface area contributed by atoms with Crippen LogP contribution < -0.4 is 9.47 Å². The number of aliphatic hydroxyl groups is 2. The predicted molar refractivity (Wildman–Crippen MR) is 94.7 cm³/mol. The number of benzene rings is 1. The summed E-state index contributed by atoms with van der Waals surface area (Å²) in [5, 5.41) is 23.3. The van der Waals surface area contributed by atoms with Crippen molar-refractivity contribution in [1.82, 2.24) is 10.1 Å². The number of Topliss-reactive ketones (excluding diaryl/α,β-unsaturated/α-hetero) is 1. The number of allylic oxidation sites excluding steroid dienone is 1. The lowest BCUT2D eigenvalue weighted by Gasteiger charge is -2.28. The first-order valence-electron chi connectivity index (χ1n) is 8.46. The summed E-state index contributed by atoms with van der Waals surface area (Å²) in [7, 11) is 0. The van der Waals surface area contributed by atoms with Gasteiger partial charge in [-0.05, 0) is 6.07 Å². The highest BCUT2D eigenvalue weighted by Gasteiger charge is 2.55. The number of rotatable bonds is 4. The van der Waals surface area contributed by atoms with Crippen LogP contribution in [0, 0.1) is 6.92 Å². The highest BCUT2D eigenvalue weighted by Crippen LogP contribution is 2.52. The van der Waals surface area contributed by atoms with Crippen LogP contribution in [-0.2, 0) is 4.79 Å².